The topological polar surface area (TPSA) is 20.3 Å². The van der Waals surface area contributed by atoms with Crippen LogP contribution in [0.4, 0.5) is 0 Å². The van der Waals surface area contributed by atoms with Crippen LogP contribution in [0.3, 0.4) is 0 Å². The number of nitrogens with zero attached hydrogens (tertiary/aromatic N) is 1. The van der Waals surface area contributed by atoms with E-state index in [1.165, 1.54) is 11.1 Å². The summed E-state index contributed by atoms with van der Waals surface area (Å²) in [5.74, 6) is -0.0457. The van der Waals surface area contributed by atoms with Crippen LogP contribution in [0, 0.1) is 0 Å². The molecule has 0 atom stereocenters. The van der Waals surface area contributed by atoms with Gasteiger partial charge in [0.15, 0.2) is 0 Å². The average molecular weight is 171 g/mol. The molecule has 1 aliphatic rings. The SMILES string of the molecule is C=CN1C(=C)c2ccccc2C1=O. The van der Waals surface area contributed by atoms with Crippen molar-refractivity contribution in [2.24, 2.45) is 0 Å². The van der Waals surface area contributed by atoms with Crippen molar-refractivity contribution in [1.82, 2.24) is 4.90 Å². The van der Waals surface area contributed by atoms with E-state index in [0.717, 1.165) is 5.56 Å². The molecule has 13 heavy (non-hydrogen) atoms. The van der Waals surface area contributed by atoms with Crippen LogP contribution < -0.4 is 0 Å². The Bertz CT molecular complexity index is 371. The maximum absolute atomic E-state index is 11.6. The van der Waals surface area contributed by atoms with Crippen LogP contribution in [0.15, 0.2) is 43.6 Å². The van der Waals surface area contributed by atoms with Crippen molar-refractivity contribution in [3.05, 3.63) is 54.8 Å². The number of fused-ring (bicyclic) bond motifs is 1. The molecule has 0 aliphatic carbocycles. The van der Waals surface area contributed by atoms with Gasteiger partial charge in [-0.05, 0) is 6.07 Å². The lowest BCUT2D eigenvalue weighted by molar-refractivity contribution is 0.0892. The van der Waals surface area contributed by atoms with Crippen molar-refractivity contribution in [3.63, 3.8) is 0 Å². The number of rotatable bonds is 1. The summed E-state index contributed by atoms with van der Waals surface area (Å²) in [6.45, 7) is 7.40. The number of hydrogen-bond donors (Lipinski definition) is 0. The van der Waals surface area contributed by atoms with Crippen LogP contribution in [0.2, 0.25) is 0 Å². The summed E-state index contributed by atoms with van der Waals surface area (Å²) < 4.78 is 0. The molecule has 2 heteroatoms. The molecule has 0 fully saturated rings. The second-order valence-electron chi connectivity index (χ2n) is 2.85. The first-order valence-corrected chi connectivity index (χ1v) is 4.00. The number of hydrogen-bond acceptors (Lipinski definition) is 1. The third-order valence-electron chi connectivity index (χ3n) is 2.16. The summed E-state index contributed by atoms with van der Waals surface area (Å²) in [5, 5.41) is 0. The molecule has 0 spiro atoms. The smallest absolute Gasteiger partial charge is 0.263 e. The maximum Gasteiger partial charge on any atom is 0.263 e. The van der Waals surface area contributed by atoms with Gasteiger partial charge in [0.1, 0.15) is 0 Å². The molecule has 0 saturated heterocycles. The molecular formula is C11H9NO. The molecule has 2 nitrogen and oxygen atoms in total. The minimum absolute atomic E-state index is 0.0457. The molecule has 0 unspecified atom stereocenters. The highest BCUT2D eigenvalue weighted by Crippen LogP contribution is 2.30. The number of benzene rings is 1. The molecule has 0 bridgehead atoms. The zero-order valence-corrected chi connectivity index (χ0v) is 7.16. The third kappa shape index (κ3) is 0.920. The van der Waals surface area contributed by atoms with Gasteiger partial charge >= 0.3 is 0 Å². The summed E-state index contributed by atoms with van der Waals surface area (Å²) >= 11 is 0. The van der Waals surface area contributed by atoms with Gasteiger partial charge in [-0.15, -0.1) is 0 Å². The Morgan fingerprint density at radius 1 is 1.23 bits per heavy atom. The van der Waals surface area contributed by atoms with Crippen molar-refractivity contribution in [2.75, 3.05) is 0 Å². The van der Waals surface area contributed by atoms with Gasteiger partial charge in [0.2, 0.25) is 0 Å². The Hall–Kier alpha value is -1.83. The quantitative estimate of drug-likeness (QED) is 0.634. The molecule has 0 N–H and O–H groups in total. The molecule has 1 amide bonds. The first-order chi connectivity index (χ1) is 6.25. The normalized spacial score (nSPS) is 14.6. The van der Waals surface area contributed by atoms with Gasteiger partial charge in [-0.2, -0.15) is 0 Å². The molecule has 0 radical (unpaired) electrons. The molecule has 1 aliphatic heterocycles. The van der Waals surface area contributed by atoms with E-state index in [1.807, 2.05) is 18.2 Å². The van der Waals surface area contributed by atoms with Crippen molar-refractivity contribution in [1.29, 1.82) is 0 Å². The zero-order chi connectivity index (χ0) is 9.42. The third-order valence-corrected chi connectivity index (χ3v) is 2.16. The molecule has 2 rings (SSSR count). The molecule has 1 aromatic carbocycles. The second-order valence-corrected chi connectivity index (χ2v) is 2.85. The number of carbonyl (C=O) groups excluding carboxylic acids is 1. The lowest BCUT2D eigenvalue weighted by atomic mass is 10.1. The van der Waals surface area contributed by atoms with E-state index in [9.17, 15) is 4.79 Å². The molecule has 0 saturated carbocycles. The predicted octanol–water partition coefficient (Wildman–Crippen LogP) is 2.26. The minimum Gasteiger partial charge on any atom is -0.284 e. The largest absolute Gasteiger partial charge is 0.284 e. The zero-order valence-electron chi connectivity index (χ0n) is 7.16. The molecule has 0 aromatic heterocycles. The number of amides is 1. The van der Waals surface area contributed by atoms with E-state index in [4.69, 9.17) is 0 Å². The van der Waals surface area contributed by atoms with E-state index in [1.54, 1.807) is 6.07 Å². The van der Waals surface area contributed by atoms with Gasteiger partial charge in [-0.3, -0.25) is 9.69 Å². The van der Waals surface area contributed by atoms with E-state index in [0.29, 0.717) is 11.3 Å². The lowest BCUT2D eigenvalue weighted by Crippen LogP contribution is -2.14. The Morgan fingerprint density at radius 2 is 1.85 bits per heavy atom. The molecule has 64 valence electrons. The van der Waals surface area contributed by atoms with Crippen LogP contribution in [0.5, 0.6) is 0 Å². The van der Waals surface area contributed by atoms with Gasteiger partial charge < -0.3 is 0 Å². The van der Waals surface area contributed by atoms with E-state index in [-0.39, 0.29) is 5.91 Å². The average Bonchev–Trinajstić information content (AvgIpc) is 2.41. The minimum atomic E-state index is -0.0457. The second kappa shape index (κ2) is 2.59. The van der Waals surface area contributed by atoms with Gasteiger partial charge in [0.05, 0.1) is 0 Å². The van der Waals surface area contributed by atoms with Crippen LogP contribution >= 0.6 is 0 Å². The highest BCUT2D eigenvalue weighted by Gasteiger charge is 2.28. The van der Waals surface area contributed by atoms with E-state index in [2.05, 4.69) is 13.2 Å². The summed E-state index contributed by atoms with van der Waals surface area (Å²) in [5.41, 5.74) is 2.30. The maximum atomic E-state index is 11.6. The van der Waals surface area contributed by atoms with E-state index < -0.39 is 0 Å². The van der Waals surface area contributed by atoms with Crippen molar-refractivity contribution in [3.8, 4) is 0 Å². The van der Waals surface area contributed by atoms with Crippen LogP contribution in [0.1, 0.15) is 15.9 Å². The lowest BCUT2D eigenvalue weighted by Gasteiger charge is -2.09. The highest BCUT2D eigenvalue weighted by atomic mass is 16.2. The van der Waals surface area contributed by atoms with Crippen LogP contribution in [-0.2, 0) is 0 Å². The molecule has 1 aromatic rings. The summed E-state index contributed by atoms with van der Waals surface area (Å²) in [7, 11) is 0. The summed E-state index contributed by atoms with van der Waals surface area (Å²) in [6.07, 6.45) is 1.49. The molecular weight excluding hydrogens is 162 g/mol. The van der Waals surface area contributed by atoms with Gasteiger partial charge in [-0.1, -0.05) is 31.4 Å². The van der Waals surface area contributed by atoms with Gasteiger partial charge in [-0.25, -0.2) is 0 Å². The highest BCUT2D eigenvalue weighted by molar-refractivity contribution is 6.09. The Kier molecular flexibility index (Phi) is 1.55. The van der Waals surface area contributed by atoms with Gasteiger partial charge in [0, 0.05) is 23.0 Å². The number of carbonyl (C=O) groups is 1. The summed E-state index contributed by atoms with van der Waals surface area (Å²) in [6, 6.07) is 7.42. The standard InChI is InChI=1S/C11H9NO/c1-3-12-8(2)9-6-4-5-7-10(9)11(12)13/h3-7H,1-2H2. The van der Waals surface area contributed by atoms with Crippen LogP contribution in [0.25, 0.3) is 5.70 Å². The molecule has 1 heterocycles. The van der Waals surface area contributed by atoms with Crippen LogP contribution in [-0.4, -0.2) is 10.8 Å². The fourth-order valence-electron chi connectivity index (χ4n) is 1.50. The Morgan fingerprint density at radius 3 is 2.38 bits per heavy atom. The first kappa shape index (κ1) is 7.80. The Labute approximate surface area is 76.8 Å². The predicted molar refractivity (Wildman–Crippen MR) is 51.8 cm³/mol. The van der Waals surface area contributed by atoms with E-state index >= 15 is 0 Å². The van der Waals surface area contributed by atoms with Crippen molar-refractivity contribution >= 4 is 11.6 Å². The van der Waals surface area contributed by atoms with Crippen molar-refractivity contribution < 1.29 is 4.79 Å². The fourth-order valence-corrected chi connectivity index (χ4v) is 1.50. The monoisotopic (exact) mass is 171 g/mol. The summed E-state index contributed by atoms with van der Waals surface area (Å²) in [4.78, 5) is 13.1. The Balaban J connectivity index is 2.63. The fraction of sp³-hybridized carbons (Fsp3) is 0. The van der Waals surface area contributed by atoms with Crippen molar-refractivity contribution in [2.45, 2.75) is 0 Å². The first-order valence-electron chi connectivity index (χ1n) is 4.00. The van der Waals surface area contributed by atoms with Gasteiger partial charge in [0.25, 0.3) is 5.91 Å².